The lowest BCUT2D eigenvalue weighted by Crippen LogP contribution is -2.37. The minimum atomic E-state index is -4.37. The molecule has 0 aliphatic rings. The number of rotatable bonds is 44. The normalized spacial score (nSPS) is 13.6. The predicted octanol–water partition coefficient (Wildman–Crippen LogP) is 13.8. The highest BCUT2D eigenvalue weighted by atomic mass is 31.2. The highest BCUT2D eigenvalue weighted by molar-refractivity contribution is 7.47. The van der Waals surface area contributed by atoms with Crippen molar-refractivity contribution in [1.29, 1.82) is 0 Å². The smallest absolute Gasteiger partial charge is 0.462 e. The molecule has 1 N–H and O–H groups in total. The van der Waals surface area contributed by atoms with Crippen molar-refractivity contribution in [3.8, 4) is 0 Å². The summed E-state index contributed by atoms with van der Waals surface area (Å²) in [5.74, 6) is -0.790. The number of ether oxygens (including phenoxy) is 2. The van der Waals surface area contributed by atoms with Crippen LogP contribution in [-0.2, 0) is 32.7 Å². The first-order valence-corrected chi connectivity index (χ1v) is 25.4. The number of likely N-dealkylation sites (N-methyl/N-ethyl adjacent to an activating group) is 1. The molecule has 0 aromatic heterocycles. The molecule has 0 heterocycles. The van der Waals surface area contributed by atoms with E-state index in [1.54, 1.807) is 0 Å². The van der Waals surface area contributed by atoms with Crippen LogP contribution in [0, 0.1) is 0 Å². The SMILES string of the molecule is CCCCCCCCCC/C=C\CCCCCCCCCCCCCC(=O)OC(COC(=O)CCCCCCCCCCCC)COP(=O)(O)OCC[N+](C)(C)C. The zero-order valence-electron chi connectivity index (χ0n) is 38.1. The van der Waals surface area contributed by atoms with Crippen LogP contribution < -0.4 is 0 Å². The van der Waals surface area contributed by atoms with E-state index in [4.69, 9.17) is 18.5 Å². The van der Waals surface area contributed by atoms with Gasteiger partial charge in [0.25, 0.3) is 0 Å². The third kappa shape index (κ3) is 44.1. The second-order valence-corrected chi connectivity index (χ2v) is 19.0. The lowest BCUT2D eigenvalue weighted by atomic mass is 10.0. The van der Waals surface area contributed by atoms with Crippen molar-refractivity contribution in [2.24, 2.45) is 0 Å². The monoisotopic (exact) mass is 831 g/mol. The van der Waals surface area contributed by atoms with Crippen LogP contribution >= 0.6 is 7.82 Å². The largest absolute Gasteiger partial charge is 0.472 e. The van der Waals surface area contributed by atoms with E-state index in [9.17, 15) is 19.0 Å². The maximum absolute atomic E-state index is 12.7. The van der Waals surface area contributed by atoms with E-state index >= 15 is 0 Å². The van der Waals surface area contributed by atoms with Gasteiger partial charge in [-0.25, -0.2) is 4.57 Å². The minimum Gasteiger partial charge on any atom is -0.462 e. The van der Waals surface area contributed by atoms with Crippen LogP contribution in [0.3, 0.4) is 0 Å². The Hall–Kier alpha value is -1.25. The maximum Gasteiger partial charge on any atom is 0.472 e. The van der Waals surface area contributed by atoms with Gasteiger partial charge in [-0.05, 0) is 38.5 Å². The van der Waals surface area contributed by atoms with Gasteiger partial charge in [0.05, 0.1) is 27.7 Å². The number of quaternary nitrogens is 1. The summed E-state index contributed by atoms with van der Waals surface area (Å²) in [5, 5.41) is 0. The molecule has 2 atom stereocenters. The summed E-state index contributed by atoms with van der Waals surface area (Å²) in [6.45, 7) is 4.43. The fourth-order valence-corrected chi connectivity index (χ4v) is 7.52. The quantitative estimate of drug-likeness (QED) is 0.0213. The fraction of sp³-hybridized carbons (Fsp3) is 0.915. The van der Waals surface area contributed by atoms with E-state index in [1.807, 2.05) is 21.1 Å². The third-order valence-electron chi connectivity index (χ3n) is 10.5. The van der Waals surface area contributed by atoms with Crippen molar-refractivity contribution in [1.82, 2.24) is 0 Å². The summed E-state index contributed by atoms with van der Waals surface area (Å²) in [6.07, 6.45) is 42.7. The minimum absolute atomic E-state index is 0.0348. The molecule has 9 nitrogen and oxygen atoms in total. The molecule has 0 saturated heterocycles. The Kier molecular flexibility index (Phi) is 39.3. The highest BCUT2D eigenvalue weighted by Crippen LogP contribution is 2.43. The van der Waals surface area contributed by atoms with E-state index in [1.165, 1.54) is 161 Å². The molecule has 0 fully saturated rings. The van der Waals surface area contributed by atoms with Crippen molar-refractivity contribution >= 4 is 19.8 Å². The van der Waals surface area contributed by atoms with E-state index in [0.717, 1.165) is 32.1 Å². The van der Waals surface area contributed by atoms with Crippen LogP contribution in [0.4, 0.5) is 0 Å². The molecule has 0 rings (SSSR count). The van der Waals surface area contributed by atoms with Gasteiger partial charge >= 0.3 is 19.8 Å². The molecule has 0 saturated carbocycles. The molecule has 57 heavy (non-hydrogen) atoms. The molecule has 0 spiro atoms. The highest BCUT2D eigenvalue weighted by Gasteiger charge is 2.27. The number of nitrogens with zero attached hydrogens (tertiary/aromatic N) is 1. The summed E-state index contributed by atoms with van der Waals surface area (Å²) in [5.41, 5.74) is 0. The molecule has 0 radical (unpaired) electrons. The molecule has 2 unspecified atom stereocenters. The Morgan fingerprint density at radius 3 is 1.30 bits per heavy atom. The summed E-state index contributed by atoms with van der Waals surface area (Å²) >= 11 is 0. The predicted molar refractivity (Wildman–Crippen MR) is 238 cm³/mol. The summed E-state index contributed by atoms with van der Waals surface area (Å²) in [7, 11) is 1.49. The Morgan fingerprint density at radius 2 is 0.895 bits per heavy atom. The lowest BCUT2D eigenvalue weighted by molar-refractivity contribution is -0.870. The van der Waals surface area contributed by atoms with E-state index in [2.05, 4.69) is 26.0 Å². The Labute approximate surface area is 352 Å². The Balaban J connectivity index is 4.17. The first kappa shape index (κ1) is 55.8. The molecule has 0 aromatic carbocycles. The zero-order valence-corrected chi connectivity index (χ0v) is 39.0. The first-order chi connectivity index (χ1) is 27.5. The Morgan fingerprint density at radius 1 is 0.526 bits per heavy atom. The van der Waals surface area contributed by atoms with Crippen molar-refractivity contribution in [2.45, 2.75) is 232 Å². The standard InChI is InChI=1S/C47H92NO8P/c1-6-8-10-12-14-16-18-19-20-21-22-23-24-25-26-27-28-29-30-32-34-36-38-40-47(50)56-45(44-55-57(51,52)54-42-41-48(3,4)5)43-53-46(49)39-37-35-33-31-17-15-13-11-9-7-2/h21-22,45H,6-20,23-44H2,1-5H3/p+1/b22-21-. The van der Waals surface area contributed by atoms with Gasteiger partial charge in [0, 0.05) is 12.8 Å². The fourth-order valence-electron chi connectivity index (χ4n) is 6.77. The average Bonchev–Trinajstić information content (AvgIpc) is 3.16. The number of allylic oxidation sites excluding steroid dienone is 2. The van der Waals surface area contributed by atoms with Crippen molar-refractivity contribution in [3.63, 3.8) is 0 Å². The van der Waals surface area contributed by atoms with Gasteiger partial charge in [-0.1, -0.05) is 187 Å². The molecule has 10 heteroatoms. The number of hydrogen-bond acceptors (Lipinski definition) is 7. The second kappa shape index (κ2) is 40.2. The van der Waals surface area contributed by atoms with Crippen LogP contribution in [0.25, 0.3) is 0 Å². The third-order valence-corrected chi connectivity index (χ3v) is 11.5. The number of carbonyl (C=O) groups excluding carboxylic acids is 2. The van der Waals surface area contributed by atoms with Gasteiger partial charge in [-0.3, -0.25) is 18.6 Å². The summed E-state index contributed by atoms with van der Waals surface area (Å²) in [6, 6.07) is 0. The number of carbonyl (C=O) groups is 2. The summed E-state index contributed by atoms with van der Waals surface area (Å²) in [4.78, 5) is 35.3. The molecule has 0 amide bonds. The molecular weight excluding hydrogens is 737 g/mol. The van der Waals surface area contributed by atoms with Crippen LogP contribution in [0.2, 0.25) is 0 Å². The van der Waals surface area contributed by atoms with Crippen molar-refractivity contribution in [3.05, 3.63) is 12.2 Å². The number of hydrogen-bond donors (Lipinski definition) is 1. The van der Waals surface area contributed by atoms with Crippen molar-refractivity contribution < 1.29 is 42.1 Å². The lowest BCUT2D eigenvalue weighted by Gasteiger charge is -2.24. The molecule has 0 aliphatic heterocycles. The molecule has 338 valence electrons. The second-order valence-electron chi connectivity index (χ2n) is 17.5. The zero-order chi connectivity index (χ0) is 42.1. The van der Waals surface area contributed by atoms with Crippen LogP contribution in [-0.4, -0.2) is 74.9 Å². The maximum atomic E-state index is 12.7. The average molecular weight is 831 g/mol. The number of esters is 2. The van der Waals surface area contributed by atoms with E-state index in [0.29, 0.717) is 23.9 Å². The van der Waals surface area contributed by atoms with Crippen LogP contribution in [0.5, 0.6) is 0 Å². The van der Waals surface area contributed by atoms with Gasteiger partial charge in [0.2, 0.25) is 0 Å². The van der Waals surface area contributed by atoms with Gasteiger partial charge in [-0.15, -0.1) is 0 Å². The van der Waals surface area contributed by atoms with Gasteiger partial charge in [0.1, 0.15) is 19.8 Å². The first-order valence-electron chi connectivity index (χ1n) is 23.9. The van der Waals surface area contributed by atoms with Gasteiger partial charge in [0.15, 0.2) is 6.10 Å². The number of phosphoric ester groups is 1. The van der Waals surface area contributed by atoms with E-state index < -0.39 is 26.5 Å². The number of unbranched alkanes of at least 4 members (excludes halogenated alkanes) is 28. The van der Waals surface area contributed by atoms with Crippen LogP contribution in [0.1, 0.15) is 226 Å². The number of phosphoric acid groups is 1. The van der Waals surface area contributed by atoms with Crippen LogP contribution in [0.15, 0.2) is 12.2 Å². The summed E-state index contributed by atoms with van der Waals surface area (Å²) < 4.78 is 34.3. The van der Waals surface area contributed by atoms with E-state index in [-0.39, 0.29) is 25.6 Å². The van der Waals surface area contributed by atoms with Crippen molar-refractivity contribution in [2.75, 3.05) is 47.5 Å². The Bertz CT molecular complexity index is 985. The molecule has 0 aromatic rings. The van der Waals surface area contributed by atoms with Gasteiger partial charge < -0.3 is 18.9 Å². The topological polar surface area (TPSA) is 108 Å². The molecule has 0 bridgehead atoms. The molecule has 0 aliphatic carbocycles. The molecular formula is C47H93NO8P+. The van der Waals surface area contributed by atoms with Gasteiger partial charge in [-0.2, -0.15) is 0 Å².